The van der Waals surface area contributed by atoms with E-state index >= 15 is 0 Å². The highest BCUT2D eigenvalue weighted by molar-refractivity contribution is 7.13. The molecule has 0 unspecified atom stereocenters. The molecule has 0 spiro atoms. The molecule has 4 nitrogen and oxygen atoms in total. The van der Waals surface area contributed by atoms with Gasteiger partial charge in [-0.05, 0) is 23.6 Å². The average Bonchev–Trinajstić information content (AvgIpc) is 2.81. The second-order valence-electron chi connectivity index (χ2n) is 3.13. The van der Waals surface area contributed by atoms with Gasteiger partial charge in [0.15, 0.2) is 0 Å². The van der Waals surface area contributed by atoms with Gasteiger partial charge in [-0.15, -0.1) is 11.3 Å². The van der Waals surface area contributed by atoms with Gasteiger partial charge in [-0.25, -0.2) is 9.78 Å². The van der Waals surface area contributed by atoms with Crippen LogP contribution in [0.1, 0.15) is 10.4 Å². The molecule has 0 radical (unpaired) electrons. The Labute approximate surface area is 96.6 Å². The van der Waals surface area contributed by atoms with E-state index in [0.717, 1.165) is 10.6 Å². The molecular weight excluding hydrogens is 224 g/mol. The Morgan fingerprint density at radius 1 is 1.44 bits per heavy atom. The van der Waals surface area contributed by atoms with Crippen LogP contribution in [-0.2, 0) is 0 Å². The van der Waals surface area contributed by atoms with Crippen molar-refractivity contribution in [2.45, 2.75) is 0 Å². The van der Waals surface area contributed by atoms with Crippen LogP contribution in [0.5, 0.6) is 0 Å². The number of anilines is 1. The summed E-state index contributed by atoms with van der Waals surface area (Å²) in [6.07, 6.45) is 0. The third kappa shape index (κ3) is 1.90. The molecule has 2 heterocycles. The lowest BCUT2D eigenvalue weighted by atomic mass is 10.2. The van der Waals surface area contributed by atoms with Gasteiger partial charge in [0.2, 0.25) is 0 Å². The van der Waals surface area contributed by atoms with Gasteiger partial charge in [-0.3, -0.25) is 0 Å². The molecule has 0 amide bonds. The lowest BCUT2D eigenvalue weighted by molar-refractivity contribution is 0.0697. The number of pyridine rings is 1. The van der Waals surface area contributed by atoms with E-state index in [-0.39, 0.29) is 5.56 Å². The Balaban J connectivity index is 2.49. The van der Waals surface area contributed by atoms with Crippen molar-refractivity contribution < 1.29 is 9.90 Å². The zero-order valence-corrected chi connectivity index (χ0v) is 9.41. The molecule has 2 aromatic rings. The molecule has 0 fully saturated rings. The van der Waals surface area contributed by atoms with E-state index in [1.165, 1.54) is 0 Å². The highest BCUT2D eigenvalue weighted by Crippen LogP contribution is 2.25. The van der Waals surface area contributed by atoms with E-state index in [0.29, 0.717) is 5.82 Å². The third-order valence-corrected chi connectivity index (χ3v) is 3.03. The predicted octanol–water partition coefficient (Wildman–Crippen LogP) is 2.55. The monoisotopic (exact) mass is 234 g/mol. The maximum absolute atomic E-state index is 10.9. The molecule has 2 aromatic heterocycles. The molecule has 2 rings (SSSR count). The van der Waals surface area contributed by atoms with Crippen molar-refractivity contribution in [3.8, 4) is 10.6 Å². The van der Waals surface area contributed by atoms with Crippen LogP contribution in [0.2, 0.25) is 0 Å². The lowest BCUT2D eigenvalue weighted by Crippen LogP contribution is -2.05. The summed E-state index contributed by atoms with van der Waals surface area (Å²) in [5.74, 6) is -0.590. The number of carboxylic acid groups (broad SMARTS) is 1. The Bertz CT molecular complexity index is 509. The molecule has 0 aliphatic rings. The van der Waals surface area contributed by atoms with E-state index < -0.39 is 5.97 Å². The number of carboxylic acids is 1. The molecule has 0 aromatic carbocycles. The van der Waals surface area contributed by atoms with E-state index in [1.807, 2.05) is 17.5 Å². The second kappa shape index (κ2) is 4.32. The lowest BCUT2D eigenvalue weighted by Gasteiger charge is -2.05. The standard InChI is InChI=1S/C11H10N2O2S/c1-12-10-7(11(14)15)4-5-8(13-10)9-3-2-6-16-9/h2-6H,1H3,(H,12,13)(H,14,15). The van der Waals surface area contributed by atoms with Crippen LogP contribution in [0.3, 0.4) is 0 Å². The minimum Gasteiger partial charge on any atom is -0.478 e. The van der Waals surface area contributed by atoms with Gasteiger partial charge in [0, 0.05) is 7.05 Å². The van der Waals surface area contributed by atoms with Gasteiger partial charge in [-0.2, -0.15) is 0 Å². The summed E-state index contributed by atoms with van der Waals surface area (Å²) in [6.45, 7) is 0. The predicted molar refractivity (Wildman–Crippen MR) is 64.1 cm³/mol. The largest absolute Gasteiger partial charge is 0.478 e. The first-order chi connectivity index (χ1) is 7.72. The minimum absolute atomic E-state index is 0.183. The van der Waals surface area contributed by atoms with Gasteiger partial charge in [0.05, 0.1) is 10.6 Å². The van der Waals surface area contributed by atoms with Gasteiger partial charge in [-0.1, -0.05) is 6.07 Å². The Morgan fingerprint density at radius 3 is 2.81 bits per heavy atom. The smallest absolute Gasteiger partial charge is 0.339 e. The van der Waals surface area contributed by atoms with Crippen molar-refractivity contribution in [2.75, 3.05) is 12.4 Å². The zero-order valence-electron chi connectivity index (χ0n) is 8.60. The van der Waals surface area contributed by atoms with Crippen LogP contribution in [-0.4, -0.2) is 23.1 Å². The summed E-state index contributed by atoms with van der Waals surface area (Å²) in [5, 5.41) is 13.7. The minimum atomic E-state index is -0.977. The van der Waals surface area contributed by atoms with Crippen molar-refractivity contribution in [3.05, 3.63) is 35.2 Å². The van der Waals surface area contributed by atoms with Gasteiger partial charge < -0.3 is 10.4 Å². The quantitative estimate of drug-likeness (QED) is 0.856. The molecule has 0 saturated heterocycles. The number of nitrogens with one attached hydrogen (secondary N) is 1. The molecule has 0 bridgehead atoms. The first kappa shape index (κ1) is 10.6. The zero-order chi connectivity index (χ0) is 11.5. The molecule has 5 heteroatoms. The number of hydrogen-bond donors (Lipinski definition) is 2. The molecule has 0 aliphatic carbocycles. The third-order valence-electron chi connectivity index (χ3n) is 2.14. The fourth-order valence-corrected chi connectivity index (χ4v) is 2.08. The maximum atomic E-state index is 10.9. The van der Waals surface area contributed by atoms with Crippen molar-refractivity contribution >= 4 is 23.1 Å². The summed E-state index contributed by atoms with van der Waals surface area (Å²) in [6, 6.07) is 7.17. The topological polar surface area (TPSA) is 62.2 Å². The molecular formula is C11H10N2O2S. The van der Waals surface area contributed by atoms with Gasteiger partial charge in [0.25, 0.3) is 0 Å². The van der Waals surface area contributed by atoms with Gasteiger partial charge >= 0.3 is 5.97 Å². The first-order valence-corrected chi connectivity index (χ1v) is 5.56. The number of rotatable bonds is 3. The highest BCUT2D eigenvalue weighted by Gasteiger charge is 2.11. The molecule has 16 heavy (non-hydrogen) atoms. The van der Waals surface area contributed by atoms with E-state index in [4.69, 9.17) is 5.11 Å². The summed E-state index contributed by atoms with van der Waals surface area (Å²) >= 11 is 1.57. The molecule has 82 valence electrons. The average molecular weight is 234 g/mol. The SMILES string of the molecule is CNc1nc(-c2cccs2)ccc1C(=O)O. The number of carbonyl (C=O) groups is 1. The van der Waals surface area contributed by atoms with Crippen molar-refractivity contribution in [1.29, 1.82) is 0 Å². The fraction of sp³-hybridized carbons (Fsp3) is 0.0909. The fourth-order valence-electron chi connectivity index (χ4n) is 1.38. The van der Waals surface area contributed by atoms with Crippen molar-refractivity contribution in [1.82, 2.24) is 4.98 Å². The van der Waals surface area contributed by atoms with Crippen LogP contribution in [0, 0.1) is 0 Å². The first-order valence-electron chi connectivity index (χ1n) is 4.68. The summed E-state index contributed by atoms with van der Waals surface area (Å²) in [7, 11) is 1.66. The number of hydrogen-bond acceptors (Lipinski definition) is 4. The second-order valence-corrected chi connectivity index (χ2v) is 4.07. The van der Waals surface area contributed by atoms with E-state index in [2.05, 4.69) is 10.3 Å². The van der Waals surface area contributed by atoms with Crippen LogP contribution < -0.4 is 5.32 Å². The normalized spacial score (nSPS) is 10.1. The van der Waals surface area contributed by atoms with Crippen LogP contribution in [0.4, 0.5) is 5.82 Å². The highest BCUT2D eigenvalue weighted by atomic mass is 32.1. The number of aromatic carboxylic acids is 1. The summed E-state index contributed by atoms with van der Waals surface area (Å²) in [5.41, 5.74) is 0.965. The summed E-state index contributed by atoms with van der Waals surface area (Å²) < 4.78 is 0. The van der Waals surface area contributed by atoms with Gasteiger partial charge in [0.1, 0.15) is 11.4 Å². The van der Waals surface area contributed by atoms with Crippen molar-refractivity contribution in [3.63, 3.8) is 0 Å². The Morgan fingerprint density at radius 2 is 2.25 bits per heavy atom. The van der Waals surface area contributed by atoms with E-state index in [9.17, 15) is 4.79 Å². The maximum Gasteiger partial charge on any atom is 0.339 e. The van der Waals surface area contributed by atoms with E-state index in [1.54, 1.807) is 30.5 Å². The number of aromatic nitrogens is 1. The number of thiophene rings is 1. The molecule has 0 aliphatic heterocycles. The Kier molecular flexibility index (Phi) is 2.87. The van der Waals surface area contributed by atoms with Crippen LogP contribution in [0.15, 0.2) is 29.6 Å². The molecule has 0 saturated carbocycles. The number of nitrogens with zero attached hydrogens (tertiary/aromatic N) is 1. The van der Waals surface area contributed by atoms with Crippen molar-refractivity contribution in [2.24, 2.45) is 0 Å². The molecule has 2 N–H and O–H groups in total. The summed E-state index contributed by atoms with van der Waals surface area (Å²) in [4.78, 5) is 16.2. The molecule has 0 atom stereocenters. The Hall–Kier alpha value is -1.88. The van der Waals surface area contributed by atoms with Crippen LogP contribution >= 0.6 is 11.3 Å². The van der Waals surface area contributed by atoms with Crippen LogP contribution in [0.25, 0.3) is 10.6 Å².